The van der Waals surface area contributed by atoms with Crippen molar-refractivity contribution in [2.24, 2.45) is 5.92 Å². The molecule has 0 spiro atoms. The number of carbonyl (C=O) groups is 4. The van der Waals surface area contributed by atoms with Gasteiger partial charge in [0.25, 0.3) is 10.1 Å². The minimum atomic E-state index is -4.24. The summed E-state index contributed by atoms with van der Waals surface area (Å²) in [6, 6.07) is 3.76. The highest BCUT2D eigenvalue weighted by molar-refractivity contribution is 9.10. The highest BCUT2D eigenvalue weighted by Gasteiger charge is 2.62. The SMILES string of the molecule is COC(=O)[C@@]12C[C@H]1/C=C/CCCCC[C@H](NC(=O)OC1CCCC1)C(=O)N1C[C@@H](OS(=O)(=O)c3ccc(Br)cc3)C[C@H]1C(=O)N2. The lowest BCUT2D eigenvalue weighted by Gasteiger charge is -2.29. The maximum absolute atomic E-state index is 14.1. The van der Waals surface area contributed by atoms with Gasteiger partial charge in [-0.1, -0.05) is 40.9 Å². The summed E-state index contributed by atoms with van der Waals surface area (Å²) in [5.41, 5.74) is -1.28. The maximum Gasteiger partial charge on any atom is 0.408 e. The molecule has 14 heteroatoms. The van der Waals surface area contributed by atoms with Gasteiger partial charge in [-0.15, -0.1) is 0 Å². The maximum atomic E-state index is 14.1. The van der Waals surface area contributed by atoms with Gasteiger partial charge in [-0.05, 0) is 75.6 Å². The fourth-order valence-electron chi connectivity index (χ4n) is 6.47. The van der Waals surface area contributed by atoms with E-state index in [0.29, 0.717) is 23.7 Å². The van der Waals surface area contributed by atoms with Crippen LogP contribution in [0.5, 0.6) is 0 Å². The fourth-order valence-corrected chi connectivity index (χ4v) is 7.81. The Balaban J connectivity index is 1.41. The van der Waals surface area contributed by atoms with Gasteiger partial charge >= 0.3 is 12.1 Å². The number of fused-ring (bicyclic) bond motifs is 2. The van der Waals surface area contributed by atoms with Crippen molar-refractivity contribution in [3.05, 3.63) is 40.9 Å². The first-order chi connectivity index (χ1) is 21.5. The Morgan fingerprint density at radius 1 is 1.02 bits per heavy atom. The van der Waals surface area contributed by atoms with Crippen molar-refractivity contribution >= 4 is 49.9 Å². The summed E-state index contributed by atoms with van der Waals surface area (Å²) in [5, 5.41) is 5.55. The third kappa shape index (κ3) is 7.89. The van der Waals surface area contributed by atoms with Gasteiger partial charge in [0.15, 0.2) is 0 Å². The number of esters is 1. The molecule has 3 fully saturated rings. The number of nitrogens with one attached hydrogen (secondary N) is 2. The zero-order chi connectivity index (χ0) is 32.2. The zero-order valence-corrected chi connectivity index (χ0v) is 27.6. The average Bonchev–Trinajstić information content (AvgIpc) is 3.29. The Hall–Kier alpha value is -2.97. The van der Waals surface area contributed by atoms with E-state index in [1.165, 1.54) is 24.1 Å². The average molecular weight is 711 g/mol. The molecule has 2 heterocycles. The van der Waals surface area contributed by atoms with Crippen LogP contribution in [0.2, 0.25) is 0 Å². The predicted octanol–water partition coefficient (Wildman–Crippen LogP) is 3.73. The second-order valence-corrected chi connectivity index (χ2v) is 14.7. The van der Waals surface area contributed by atoms with Crippen molar-refractivity contribution in [1.82, 2.24) is 15.5 Å². The summed E-state index contributed by atoms with van der Waals surface area (Å²) in [4.78, 5) is 54.9. The van der Waals surface area contributed by atoms with E-state index >= 15 is 0 Å². The molecule has 4 aliphatic rings. The van der Waals surface area contributed by atoms with Crippen molar-refractivity contribution in [3.63, 3.8) is 0 Å². The van der Waals surface area contributed by atoms with Gasteiger partial charge in [0.2, 0.25) is 11.8 Å². The number of rotatable bonds is 6. The smallest absolute Gasteiger partial charge is 0.408 e. The van der Waals surface area contributed by atoms with Crippen LogP contribution in [0.15, 0.2) is 45.8 Å². The van der Waals surface area contributed by atoms with Crippen LogP contribution in [0.4, 0.5) is 4.79 Å². The summed E-state index contributed by atoms with van der Waals surface area (Å²) in [5.74, 6) is -2.03. The van der Waals surface area contributed by atoms with Crippen LogP contribution < -0.4 is 10.6 Å². The molecule has 12 nitrogen and oxygen atoms in total. The molecule has 3 amide bonds. The second kappa shape index (κ2) is 14.2. The van der Waals surface area contributed by atoms with Gasteiger partial charge < -0.3 is 25.0 Å². The van der Waals surface area contributed by atoms with Gasteiger partial charge in [0.1, 0.15) is 23.7 Å². The quantitative estimate of drug-likeness (QED) is 0.255. The zero-order valence-electron chi connectivity index (χ0n) is 25.2. The van der Waals surface area contributed by atoms with Gasteiger partial charge in [0, 0.05) is 23.4 Å². The third-order valence-corrected chi connectivity index (χ3v) is 10.9. The van der Waals surface area contributed by atoms with Gasteiger partial charge in [-0.3, -0.25) is 13.8 Å². The molecule has 45 heavy (non-hydrogen) atoms. The van der Waals surface area contributed by atoms with Crippen molar-refractivity contribution in [2.75, 3.05) is 13.7 Å². The third-order valence-electron chi connectivity index (χ3n) is 9.02. The Bertz CT molecular complexity index is 1410. The highest BCUT2D eigenvalue weighted by Crippen LogP contribution is 2.46. The molecule has 5 rings (SSSR count). The van der Waals surface area contributed by atoms with Gasteiger partial charge in [-0.25, -0.2) is 9.59 Å². The molecule has 246 valence electrons. The summed E-state index contributed by atoms with van der Waals surface area (Å²) in [7, 11) is -2.99. The molecule has 0 aromatic heterocycles. The topological polar surface area (TPSA) is 157 Å². The van der Waals surface area contributed by atoms with Crippen LogP contribution in [0.1, 0.15) is 70.6 Å². The van der Waals surface area contributed by atoms with Gasteiger partial charge in [-0.2, -0.15) is 8.42 Å². The molecular formula is C31H40BrN3O9S. The Labute approximate surface area is 271 Å². The molecular weight excluding hydrogens is 670 g/mol. The monoisotopic (exact) mass is 709 g/mol. The van der Waals surface area contributed by atoms with E-state index in [1.54, 1.807) is 12.1 Å². The molecule has 0 radical (unpaired) electrons. The van der Waals surface area contributed by atoms with E-state index in [9.17, 15) is 27.6 Å². The molecule has 1 aromatic carbocycles. The summed E-state index contributed by atoms with van der Waals surface area (Å²) in [6.45, 7) is -0.211. The van der Waals surface area contributed by atoms with E-state index < -0.39 is 57.7 Å². The summed E-state index contributed by atoms with van der Waals surface area (Å²) in [6.07, 6.45) is 8.96. The van der Waals surface area contributed by atoms with E-state index in [4.69, 9.17) is 13.7 Å². The normalized spacial score (nSPS) is 30.2. The molecule has 2 aliphatic heterocycles. The fraction of sp³-hybridized carbons (Fsp3) is 0.613. The number of halogens is 1. The Morgan fingerprint density at radius 2 is 1.73 bits per heavy atom. The predicted molar refractivity (Wildman–Crippen MR) is 165 cm³/mol. The first kappa shape index (κ1) is 33.4. The second-order valence-electron chi connectivity index (χ2n) is 12.2. The number of ether oxygens (including phenoxy) is 2. The molecule has 2 N–H and O–H groups in total. The lowest BCUT2D eigenvalue weighted by atomic mass is 10.0. The molecule has 5 atom stereocenters. The minimum absolute atomic E-state index is 0.0719. The van der Waals surface area contributed by atoms with Crippen molar-refractivity contribution < 1.29 is 41.3 Å². The van der Waals surface area contributed by atoms with Crippen LogP contribution in [0, 0.1) is 5.92 Å². The highest BCUT2D eigenvalue weighted by atomic mass is 79.9. The Morgan fingerprint density at radius 3 is 2.44 bits per heavy atom. The molecule has 1 aromatic rings. The number of amides is 3. The van der Waals surface area contributed by atoms with Crippen LogP contribution in [-0.2, 0) is 38.2 Å². The molecule has 0 unspecified atom stereocenters. The Kier molecular flexibility index (Phi) is 10.5. The number of nitrogens with zero attached hydrogens (tertiary/aromatic N) is 1. The molecule has 2 saturated carbocycles. The first-order valence-corrected chi connectivity index (χ1v) is 17.8. The lowest BCUT2D eigenvalue weighted by molar-refractivity contribution is -0.148. The summed E-state index contributed by atoms with van der Waals surface area (Å²) < 4.78 is 43.1. The van der Waals surface area contributed by atoms with Gasteiger partial charge in [0.05, 0.1) is 18.1 Å². The number of benzene rings is 1. The summed E-state index contributed by atoms with van der Waals surface area (Å²) >= 11 is 3.28. The van der Waals surface area contributed by atoms with Crippen LogP contribution in [-0.4, -0.2) is 80.7 Å². The number of hydrogen-bond donors (Lipinski definition) is 2. The largest absolute Gasteiger partial charge is 0.467 e. The van der Waals surface area contributed by atoms with Crippen molar-refractivity contribution in [3.8, 4) is 0 Å². The first-order valence-electron chi connectivity index (χ1n) is 15.6. The van der Waals surface area contributed by atoms with Crippen LogP contribution >= 0.6 is 15.9 Å². The van der Waals surface area contributed by atoms with E-state index in [-0.39, 0.29) is 29.9 Å². The van der Waals surface area contributed by atoms with E-state index in [0.717, 1.165) is 44.9 Å². The van der Waals surface area contributed by atoms with E-state index in [2.05, 4.69) is 26.6 Å². The number of allylic oxidation sites excluding steroid dienone is 1. The number of methoxy groups -OCH3 is 1. The lowest BCUT2D eigenvalue weighted by Crippen LogP contribution is -2.56. The number of hydrogen-bond acceptors (Lipinski definition) is 9. The van der Waals surface area contributed by atoms with E-state index in [1.807, 2.05) is 12.2 Å². The van der Waals surface area contributed by atoms with Crippen LogP contribution in [0.3, 0.4) is 0 Å². The molecule has 2 aliphatic carbocycles. The van der Waals surface area contributed by atoms with Crippen molar-refractivity contribution in [2.45, 2.75) is 105 Å². The number of alkyl carbamates (subject to hydrolysis) is 1. The molecule has 0 bridgehead atoms. The van der Waals surface area contributed by atoms with Crippen molar-refractivity contribution in [1.29, 1.82) is 0 Å². The number of carbonyl (C=O) groups excluding carboxylic acids is 4. The minimum Gasteiger partial charge on any atom is -0.467 e. The molecule has 1 saturated heterocycles. The standard InChI is InChI=1S/C31H40BrN3O9S/c1-42-29(38)31-18-20(31)9-5-3-2-4-6-12-25(33-30(39)43-22-10-7-8-11-22)28(37)35-19-23(17-26(35)27(36)34-31)44-45(40,41)24-15-13-21(32)14-16-24/h5,9,13-16,20,22-23,25-26H,2-4,6-8,10-12,17-19H2,1H3,(H,33,39)(H,34,36)/b9-5+/t20-,23+,25+,26+,31-/m1/s1. The van der Waals surface area contributed by atoms with Crippen LogP contribution in [0.25, 0.3) is 0 Å².